The van der Waals surface area contributed by atoms with Gasteiger partial charge in [-0.15, -0.1) is 0 Å². The number of amides is 1. The van der Waals surface area contributed by atoms with Crippen molar-refractivity contribution in [2.75, 3.05) is 24.5 Å². The lowest BCUT2D eigenvalue weighted by Gasteiger charge is -2.39. The van der Waals surface area contributed by atoms with Crippen molar-refractivity contribution in [3.05, 3.63) is 48.2 Å². The monoisotopic (exact) mass is 327 g/mol. The number of nitrogens with zero attached hydrogens (tertiary/aromatic N) is 4. The van der Waals surface area contributed by atoms with Gasteiger partial charge in [0.15, 0.2) is 0 Å². The third kappa shape index (κ3) is 3.86. The van der Waals surface area contributed by atoms with Crippen LogP contribution in [-0.2, 0) is 0 Å². The number of rotatable bonds is 4. The van der Waals surface area contributed by atoms with Gasteiger partial charge in [0, 0.05) is 32.0 Å². The summed E-state index contributed by atoms with van der Waals surface area (Å²) in [4.78, 5) is 26.6. The Morgan fingerprint density at radius 2 is 2.21 bits per heavy atom. The Bertz CT molecular complexity index is 709. The van der Waals surface area contributed by atoms with Crippen LogP contribution in [0.3, 0.4) is 0 Å². The second kappa shape index (κ2) is 6.92. The molecule has 126 valence electrons. The third-order valence-corrected chi connectivity index (χ3v) is 4.12. The van der Waals surface area contributed by atoms with E-state index in [2.05, 4.69) is 20.3 Å². The molecule has 1 saturated heterocycles. The Morgan fingerprint density at radius 3 is 2.96 bits per heavy atom. The van der Waals surface area contributed by atoms with Crippen molar-refractivity contribution in [3.8, 4) is 0 Å². The standard InChI is InChI=1S/C17H21N5O2/c1-13-18-9-6-14(21-13)16(23)20-11-17(24)7-4-10-22(12-17)15-5-2-3-8-19-15/h2-3,5-6,8-9,24H,4,7,10-12H2,1H3,(H,20,23)/t17-/m0/s1. The van der Waals surface area contributed by atoms with Crippen LogP contribution in [0.1, 0.15) is 29.2 Å². The van der Waals surface area contributed by atoms with Gasteiger partial charge in [0.2, 0.25) is 0 Å². The van der Waals surface area contributed by atoms with E-state index >= 15 is 0 Å². The molecule has 2 aromatic heterocycles. The Kier molecular flexibility index (Phi) is 4.71. The number of hydrogen-bond donors (Lipinski definition) is 2. The lowest BCUT2D eigenvalue weighted by molar-refractivity contribution is 0.0254. The first-order valence-corrected chi connectivity index (χ1v) is 8.02. The quantitative estimate of drug-likeness (QED) is 0.868. The molecular weight excluding hydrogens is 306 g/mol. The summed E-state index contributed by atoms with van der Waals surface area (Å²) in [6.07, 6.45) is 4.77. The second-order valence-electron chi connectivity index (χ2n) is 6.11. The largest absolute Gasteiger partial charge is 0.386 e. The maximum absolute atomic E-state index is 12.2. The van der Waals surface area contributed by atoms with E-state index in [0.29, 0.717) is 24.5 Å². The Labute approximate surface area is 140 Å². The first-order chi connectivity index (χ1) is 11.6. The molecule has 3 rings (SSSR count). The van der Waals surface area contributed by atoms with Gasteiger partial charge in [0.1, 0.15) is 17.3 Å². The normalized spacial score (nSPS) is 20.7. The molecule has 0 unspecified atom stereocenters. The van der Waals surface area contributed by atoms with Crippen LogP contribution in [0.4, 0.5) is 5.82 Å². The predicted molar refractivity (Wildman–Crippen MR) is 89.7 cm³/mol. The molecule has 1 amide bonds. The summed E-state index contributed by atoms with van der Waals surface area (Å²) in [6, 6.07) is 7.28. The predicted octanol–water partition coefficient (Wildman–Crippen LogP) is 0.941. The molecule has 1 atom stereocenters. The summed E-state index contributed by atoms with van der Waals surface area (Å²) in [6.45, 7) is 3.19. The Balaban J connectivity index is 1.62. The van der Waals surface area contributed by atoms with E-state index < -0.39 is 5.60 Å². The molecule has 0 saturated carbocycles. The highest BCUT2D eigenvalue weighted by molar-refractivity contribution is 5.92. The number of carbonyl (C=O) groups excluding carboxylic acids is 1. The molecule has 7 nitrogen and oxygen atoms in total. The van der Waals surface area contributed by atoms with E-state index in [1.165, 1.54) is 0 Å². The zero-order valence-electron chi connectivity index (χ0n) is 13.6. The Morgan fingerprint density at radius 1 is 1.33 bits per heavy atom. The average molecular weight is 327 g/mol. The highest BCUT2D eigenvalue weighted by Crippen LogP contribution is 2.24. The maximum atomic E-state index is 12.2. The number of hydrogen-bond acceptors (Lipinski definition) is 6. The summed E-state index contributed by atoms with van der Waals surface area (Å²) in [5.41, 5.74) is -0.670. The second-order valence-corrected chi connectivity index (χ2v) is 6.11. The number of carbonyl (C=O) groups is 1. The molecule has 24 heavy (non-hydrogen) atoms. The molecule has 0 radical (unpaired) electrons. The number of β-amino-alcohol motifs (C(OH)–C–C–N with tert-alkyl or cyclic N) is 1. The van der Waals surface area contributed by atoms with E-state index in [1.807, 2.05) is 23.1 Å². The fourth-order valence-electron chi connectivity index (χ4n) is 2.91. The molecule has 3 heterocycles. The lowest BCUT2D eigenvalue weighted by Crippen LogP contribution is -2.54. The smallest absolute Gasteiger partial charge is 0.270 e. The van der Waals surface area contributed by atoms with Crippen LogP contribution in [0.2, 0.25) is 0 Å². The van der Waals surface area contributed by atoms with Gasteiger partial charge in [0.05, 0.1) is 5.60 Å². The highest BCUT2D eigenvalue weighted by atomic mass is 16.3. The number of aromatic nitrogens is 3. The van der Waals surface area contributed by atoms with Gasteiger partial charge < -0.3 is 15.3 Å². The molecule has 1 aliphatic heterocycles. The number of piperidine rings is 1. The number of anilines is 1. The van der Waals surface area contributed by atoms with E-state index in [0.717, 1.165) is 18.8 Å². The molecule has 0 aromatic carbocycles. The minimum Gasteiger partial charge on any atom is -0.386 e. The topological polar surface area (TPSA) is 91.2 Å². The SMILES string of the molecule is Cc1nccc(C(=O)NC[C@@]2(O)CCCN(c3ccccn3)C2)n1. The number of aryl methyl sites for hydroxylation is 1. The summed E-state index contributed by atoms with van der Waals surface area (Å²) in [7, 11) is 0. The van der Waals surface area contributed by atoms with Crippen molar-refractivity contribution in [2.45, 2.75) is 25.4 Å². The Hall–Kier alpha value is -2.54. The molecule has 0 aliphatic carbocycles. The average Bonchev–Trinajstić information content (AvgIpc) is 2.60. The van der Waals surface area contributed by atoms with Crippen LogP contribution < -0.4 is 10.2 Å². The summed E-state index contributed by atoms with van der Waals surface area (Å²) in [5.74, 6) is 1.08. The van der Waals surface area contributed by atoms with Crippen LogP contribution in [0.15, 0.2) is 36.7 Å². The molecule has 0 spiro atoms. The third-order valence-electron chi connectivity index (χ3n) is 4.12. The van der Waals surface area contributed by atoms with E-state index in [-0.39, 0.29) is 12.5 Å². The minimum atomic E-state index is -0.979. The van der Waals surface area contributed by atoms with Crippen molar-refractivity contribution in [2.24, 2.45) is 0 Å². The maximum Gasteiger partial charge on any atom is 0.270 e. The van der Waals surface area contributed by atoms with Crippen molar-refractivity contribution in [1.29, 1.82) is 0 Å². The summed E-state index contributed by atoms with van der Waals surface area (Å²) < 4.78 is 0. The fourth-order valence-corrected chi connectivity index (χ4v) is 2.91. The van der Waals surface area contributed by atoms with Crippen LogP contribution in [0, 0.1) is 6.92 Å². The highest BCUT2D eigenvalue weighted by Gasteiger charge is 2.34. The molecule has 2 N–H and O–H groups in total. The van der Waals surface area contributed by atoms with Gasteiger partial charge in [-0.05, 0) is 38.0 Å². The van der Waals surface area contributed by atoms with E-state index in [9.17, 15) is 9.90 Å². The van der Waals surface area contributed by atoms with Gasteiger partial charge in [0.25, 0.3) is 5.91 Å². The number of nitrogens with one attached hydrogen (secondary N) is 1. The van der Waals surface area contributed by atoms with Crippen LogP contribution in [-0.4, -0.2) is 51.2 Å². The van der Waals surface area contributed by atoms with Gasteiger partial charge in [-0.2, -0.15) is 0 Å². The molecule has 7 heteroatoms. The molecule has 2 aromatic rings. The molecule has 1 aliphatic rings. The molecule has 0 bridgehead atoms. The molecular formula is C17H21N5O2. The van der Waals surface area contributed by atoms with Crippen LogP contribution >= 0.6 is 0 Å². The summed E-state index contributed by atoms with van der Waals surface area (Å²) >= 11 is 0. The minimum absolute atomic E-state index is 0.179. The zero-order valence-corrected chi connectivity index (χ0v) is 13.6. The van der Waals surface area contributed by atoms with Crippen LogP contribution in [0.25, 0.3) is 0 Å². The molecule has 1 fully saturated rings. The number of aliphatic hydroxyl groups is 1. The van der Waals surface area contributed by atoms with Crippen molar-refractivity contribution >= 4 is 11.7 Å². The van der Waals surface area contributed by atoms with Gasteiger partial charge in [-0.3, -0.25) is 4.79 Å². The van der Waals surface area contributed by atoms with E-state index in [4.69, 9.17) is 0 Å². The first kappa shape index (κ1) is 16.3. The van der Waals surface area contributed by atoms with Gasteiger partial charge in [-0.1, -0.05) is 6.07 Å². The van der Waals surface area contributed by atoms with E-state index in [1.54, 1.807) is 25.4 Å². The van der Waals surface area contributed by atoms with Crippen molar-refractivity contribution in [1.82, 2.24) is 20.3 Å². The zero-order chi connectivity index (χ0) is 17.0. The van der Waals surface area contributed by atoms with Crippen molar-refractivity contribution in [3.63, 3.8) is 0 Å². The first-order valence-electron chi connectivity index (χ1n) is 8.02. The summed E-state index contributed by atoms with van der Waals surface area (Å²) in [5, 5.41) is 13.6. The van der Waals surface area contributed by atoms with Crippen molar-refractivity contribution < 1.29 is 9.90 Å². The van der Waals surface area contributed by atoms with Gasteiger partial charge >= 0.3 is 0 Å². The fraction of sp³-hybridized carbons (Fsp3) is 0.412. The van der Waals surface area contributed by atoms with Crippen LogP contribution in [0.5, 0.6) is 0 Å². The van der Waals surface area contributed by atoms with Gasteiger partial charge in [-0.25, -0.2) is 15.0 Å². The number of pyridine rings is 1. The lowest BCUT2D eigenvalue weighted by atomic mass is 9.92.